The van der Waals surface area contributed by atoms with Crippen molar-refractivity contribution in [2.24, 2.45) is 23.2 Å². The van der Waals surface area contributed by atoms with E-state index in [4.69, 9.17) is 4.74 Å². The molecule has 0 amide bonds. The quantitative estimate of drug-likeness (QED) is 0.566. The highest BCUT2D eigenvalue weighted by atomic mass is 16.5. The molecule has 4 aliphatic rings. The van der Waals surface area contributed by atoms with Crippen molar-refractivity contribution in [3.63, 3.8) is 0 Å². The molecule has 1 heterocycles. The number of fused-ring (bicyclic) bond motifs is 4. The van der Waals surface area contributed by atoms with E-state index >= 15 is 0 Å². The largest absolute Gasteiger partial charge is 0.423 e. The van der Waals surface area contributed by atoms with Crippen molar-refractivity contribution in [1.82, 2.24) is 0 Å². The van der Waals surface area contributed by atoms with E-state index in [0.29, 0.717) is 29.1 Å². The third-order valence-corrected chi connectivity index (χ3v) is 5.38. The van der Waals surface area contributed by atoms with Gasteiger partial charge in [0.1, 0.15) is 5.76 Å². The second-order valence-electron chi connectivity index (χ2n) is 6.16. The van der Waals surface area contributed by atoms with Crippen molar-refractivity contribution in [1.29, 1.82) is 0 Å². The van der Waals surface area contributed by atoms with Crippen LogP contribution in [0.1, 0.15) is 19.8 Å². The van der Waals surface area contributed by atoms with Gasteiger partial charge in [0.05, 0.1) is 12.2 Å². The molecule has 0 spiro atoms. The third kappa shape index (κ3) is 1.02. The van der Waals surface area contributed by atoms with Crippen molar-refractivity contribution >= 4 is 5.97 Å². The molecule has 94 valence electrons. The van der Waals surface area contributed by atoms with E-state index in [2.05, 4.69) is 19.6 Å². The molecule has 2 fully saturated rings. The summed E-state index contributed by atoms with van der Waals surface area (Å²) in [4.78, 5) is 11.7. The zero-order valence-corrected chi connectivity index (χ0v) is 10.4. The lowest BCUT2D eigenvalue weighted by atomic mass is 9.67. The van der Waals surface area contributed by atoms with Crippen LogP contribution in [0.25, 0.3) is 0 Å². The van der Waals surface area contributed by atoms with E-state index in [1.807, 2.05) is 0 Å². The summed E-state index contributed by atoms with van der Waals surface area (Å²) in [6.07, 6.45) is 4.16. The van der Waals surface area contributed by atoms with Crippen molar-refractivity contribution in [2.45, 2.75) is 19.8 Å². The summed E-state index contributed by atoms with van der Waals surface area (Å²) >= 11 is 0. The van der Waals surface area contributed by atoms with Gasteiger partial charge >= 0.3 is 5.97 Å². The average molecular weight is 244 g/mol. The molecule has 4 rings (SSSR count). The van der Waals surface area contributed by atoms with Crippen LogP contribution >= 0.6 is 0 Å². The van der Waals surface area contributed by atoms with Gasteiger partial charge in [0.25, 0.3) is 0 Å². The Balaban J connectivity index is 1.86. The molecule has 1 N–H and O–H groups in total. The van der Waals surface area contributed by atoms with E-state index in [0.717, 1.165) is 12.0 Å². The lowest BCUT2D eigenvalue weighted by molar-refractivity contribution is -0.133. The zero-order valence-electron chi connectivity index (χ0n) is 10.4. The van der Waals surface area contributed by atoms with E-state index in [-0.39, 0.29) is 18.0 Å². The van der Waals surface area contributed by atoms with E-state index < -0.39 is 0 Å². The van der Waals surface area contributed by atoms with Gasteiger partial charge < -0.3 is 9.84 Å². The smallest absolute Gasteiger partial charge is 0.342 e. The first-order valence-electron chi connectivity index (χ1n) is 6.53. The van der Waals surface area contributed by atoms with Gasteiger partial charge in [-0.05, 0) is 42.1 Å². The van der Waals surface area contributed by atoms with Gasteiger partial charge in [0.15, 0.2) is 0 Å². The summed E-state index contributed by atoms with van der Waals surface area (Å²) in [5, 5.41) is 9.30. The Bertz CT molecular complexity index is 554. The summed E-state index contributed by atoms with van der Waals surface area (Å²) in [6.45, 7) is 6.28. The zero-order chi connectivity index (χ0) is 12.7. The number of hydrogen-bond donors (Lipinski definition) is 1. The Morgan fingerprint density at radius 3 is 3.11 bits per heavy atom. The molecule has 0 aromatic rings. The Labute approximate surface area is 106 Å². The van der Waals surface area contributed by atoms with Gasteiger partial charge in [-0.15, -0.1) is 0 Å². The highest BCUT2D eigenvalue weighted by Crippen LogP contribution is 2.70. The van der Waals surface area contributed by atoms with Crippen LogP contribution in [0, 0.1) is 23.2 Å². The molecular formula is C15H16O3. The Morgan fingerprint density at radius 2 is 2.39 bits per heavy atom. The van der Waals surface area contributed by atoms with Crippen LogP contribution in [0.5, 0.6) is 0 Å². The maximum atomic E-state index is 11.7. The minimum atomic E-state index is -0.375. The van der Waals surface area contributed by atoms with Gasteiger partial charge in [-0.3, -0.25) is 0 Å². The van der Waals surface area contributed by atoms with Gasteiger partial charge in [-0.1, -0.05) is 19.1 Å². The number of aliphatic hydroxyl groups excluding tert-OH is 1. The van der Waals surface area contributed by atoms with E-state index in [1.54, 1.807) is 0 Å². The second kappa shape index (κ2) is 2.97. The molecule has 1 aliphatic heterocycles. The first-order chi connectivity index (χ1) is 8.56. The normalized spacial score (nSPS) is 44.3. The summed E-state index contributed by atoms with van der Waals surface area (Å²) < 4.78 is 5.30. The predicted molar refractivity (Wildman–Crippen MR) is 65.2 cm³/mol. The number of hydrogen-bond acceptors (Lipinski definition) is 3. The minimum absolute atomic E-state index is 0.103. The van der Waals surface area contributed by atoms with E-state index in [1.165, 1.54) is 12.0 Å². The third-order valence-electron chi connectivity index (χ3n) is 5.38. The molecule has 0 unspecified atom stereocenters. The van der Waals surface area contributed by atoms with Crippen LogP contribution in [-0.4, -0.2) is 17.7 Å². The Kier molecular flexibility index (Phi) is 1.74. The SMILES string of the molecule is C=C1[C@H]2C[C@H]2[C@]2(C)C=C3OC(=O)C(CO)=C3C[C@H]12. The maximum absolute atomic E-state index is 11.7. The Hall–Kier alpha value is -1.35. The van der Waals surface area contributed by atoms with Crippen LogP contribution in [0.3, 0.4) is 0 Å². The van der Waals surface area contributed by atoms with Gasteiger partial charge in [-0.2, -0.15) is 0 Å². The maximum Gasteiger partial charge on any atom is 0.342 e. The summed E-state index contributed by atoms with van der Waals surface area (Å²) in [7, 11) is 0. The highest BCUT2D eigenvalue weighted by molar-refractivity contribution is 5.95. The van der Waals surface area contributed by atoms with Crippen LogP contribution in [0.2, 0.25) is 0 Å². The lowest BCUT2D eigenvalue weighted by Crippen LogP contribution is -2.29. The van der Waals surface area contributed by atoms with Crippen LogP contribution < -0.4 is 0 Å². The molecule has 0 saturated heterocycles. The molecule has 0 aromatic heterocycles. The van der Waals surface area contributed by atoms with Gasteiger partial charge in [0.2, 0.25) is 0 Å². The molecule has 0 aromatic carbocycles. The van der Waals surface area contributed by atoms with Crippen molar-refractivity contribution in [3.05, 3.63) is 35.1 Å². The molecule has 3 heteroatoms. The van der Waals surface area contributed by atoms with Crippen molar-refractivity contribution in [3.8, 4) is 0 Å². The minimum Gasteiger partial charge on any atom is -0.423 e. The highest BCUT2D eigenvalue weighted by Gasteiger charge is 2.63. The summed E-state index contributed by atoms with van der Waals surface area (Å²) in [6, 6.07) is 0. The fourth-order valence-electron chi connectivity index (χ4n) is 4.25. The molecule has 3 nitrogen and oxygen atoms in total. The number of ether oxygens (including phenoxy) is 1. The molecule has 3 aliphatic carbocycles. The number of allylic oxidation sites excluding steroid dienone is 3. The first-order valence-corrected chi connectivity index (χ1v) is 6.53. The Morgan fingerprint density at radius 1 is 1.61 bits per heavy atom. The van der Waals surface area contributed by atoms with Crippen molar-refractivity contribution < 1.29 is 14.6 Å². The predicted octanol–water partition coefficient (Wildman–Crippen LogP) is 1.95. The number of carbonyl (C=O) groups excluding carboxylic acids is 1. The van der Waals surface area contributed by atoms with Crippen molar-refractivity contribution in [2.75, 3.05) is 6.61 Å². The lowest BCUT2D eigenvalue weighted by Gasteiger charge is -2.36. The van der Waals surface area contributed by atoms with Crippen LogP contribution in [0.15, 0.2) is 35.1 Å². The van der Waals surface area contributed by atoms with Gasteiger partial charge in [0, 0.05) is 5.57 Å². The number of rotatable bonds is 1. The molecule has 4 atom stereocenters. The molecule has 2 saturated carbocycles. The summed E-state index contributed by atoms with van der Waals surface area (Å²) in [5.41, 5.74) is 2.79. The van der Waals surface area contributed by atoms with E-state index in [9.17, 15) is 9.90 Å². The number of esters is 1. The molecule has 0 radical (unpaired) electrons. The fraction of sp³-hybridized carbons (Fsp3) is 0.533. The molecule has 18 heavy (non-hydrogen) atoms. The van der Waals surface area contributed by atoms with Crippen LogP contribution in [0.4, 0.5) is 0 Å². The number of carbonyl (C=O) groups is 1. The monoisotopic (exact) mass is 244 g/mol. The fourth-order valence-corrected chi connectivity index (χ4v) is 4.25. The summed E-state index contributed by atoms with van der Waals surface area (Å²) in [5.74, 6) is 2.09. The standard InChI is InChI=1S/C15H16O3/c1-7-8-3-12(8)15(2)5-13-9(4-11(7)15)10(6-16)14(17)18-13/h5,8,11-12,16H,1,3-4,6H2,2H3/t8-,11-,12-,15-/m1/s1. The average Bonchev–Trinajstić information content (AvgIpc) is 3.02. The second-order valence-corrected chi connectivity index (χ2v) is 6.16. The number of aliphatic hydroxyl groups is 1. The van der Waals surface area contributed by atoms with Crippen LogP contribution in [-0.2, 0) is 9.53 Å². The molecular weight excluding hydrogens is 228 g/mol. The van der Waals surface area contributed by atoms with Gasteiger partial charge in [-0.25, -0.2) is 4.79 Å². The topological polar surface area (TPSA) is 46.5 Å². The first kappa shape index (κ1) is 10.6. The molecule has 0 bridgehead atoms.